The van der Waals surface area contributed by atoms with Crippen LogP contribution in [0.25, 0.3) is 0 Å². The van der Waals surface area contributed by atoms with Crippen molar-refractivity contribution in [2.45, 2.75) is 47.8 Å². The van der Waals surface area contributed by atoms with E-state index in [-0.39, 0.29) is 6.08 Å². The van der Waals surface area contributed by atoms with Gasteiger partial charge in [0.1, 0.15) is 0 Å². The van der Waals surface area contributed by atoms with E-state index in [9.17, 15) is 75.0 Å². The van der Waals surface area contributed by atoms with Gasteiger partial charge in [0.05, 0.1) is 0 Å². The van der Waals surface area contributed by atoms with Crippen molar-refractivity contribution >= 4 is 5.97 Å². The van der Waals surface area contributed by atoms with E-state index in [4.69, 9.17) is 0 Å². The maximum absolute atomic E-state index is 13.3. The van der Waals surface area contributed by atoms with Crippen LogP contribution in [-0.2, 0) is 9.53 Å². The highest BCUT2D eigenvalue weighted by Crippen LogP contribution is 2.62. The van der Waals surface area contributed by atoms with Gasteiger partial charge in [-0.15, -0.1) is 0 Å². The third-order valence-electron chi connectivity index (χ3n) is 3.29. The van der Waals surface area contributed by atoms with E-state index in [1.54, 1.807) is 0 Å². The fraction of sp³-hybridized carbons (Fsp3) is 0.750. The zero-order valence-corrected chi connectivity index (χ0v) is 13.4. The van der Waals surface area contributed by atoms with Gasteiger partial charge >= 0.3 is 53.8 Å². The van der Waals surface area contributed by atoms with Crippen LogP contribution in [0, 0.1) is 0 Å². The molecule has 0 aliphatic heterocycles. The van der Waals surface area contributed by atoms with Gasteiger partial charge in [0.2, 0.25) is 0 Å². The normalized spacial score (nSPS) is 16.3. The molecule has 0 aromatic heterocycles. The third-order valence-corrected chi connectivity index (χ3v) is 3.29. The summed E-state index contributed by atoms with van der Waals surface area (Å²) in [6, 6.07) is 0. The summed E-state index contributed by atoms with van der Waals surface area (Å²) in [4.78, 5) is 10.4. The van der Waals surface area contributed by atoms with E-state index in [0.29, 0.717) is 0 Å². The summed E-state index contributed by atoms with van der Waals surface area (Å²) >= 11 is 0. The minimum atomic E-state index is -8.48. The van der Waals surface area contributed by atoms with Crippen LogP contribution in [0.3, 0.4) is 0 Å². The lowest BCUT2D eigenvalue weighted by Gasteiger charge is -2.42. The molecule has 0 heterocycles. The molecule has 0 radical (unpaired) electrons. The lowest BCUT2D eigenvalue weighted by molar-refractivity contribution is -0.448. The first-order valence-corrected chi connectivity index (χ1v) is 6.61. The molecule has 0 rings (SSSR count). The molecule has 0 aliphatic rings. The quantitative estimate of drug-likeness (QED) is 0.234. The van der Waals surface area contributed by atoms with Crippen molar-refractivity contribution in [3.63, 3.8) is 0 Å². The van der Waals surface area contributed by atoms with Crippen molar-refractivity contribution in [1.29, 1.82) is 0 Å². The zero-order valence-electron chi connectivity index (χ0n) is 13.4. The molecule has 18 heteroatoms. The van der Waals surface area contributed by atoms with E-state index < -0.39 is 60.5 Å². The molecule has 0 saturated heterocycles. The lowest BCUT2D eigenvalue weighted by Crippen LogP contribution is -2.74. The second-order valence-corrected chi connectivity index (χ2v) is 5.29. The average molecular weight is 486 g/mol. The monoisotopic (exact) mass is 486 g/mol. The number of hydrogen-bond donors (Lipinski definition) is 0. The number of carbonyl (C=O) groups excluding carboxylic acids is 1. The first kappa shape index (κ1) is 28.1. The Kier molecular flexibility index (Phi) is 7.16. The van der Waals surface area contributed by atoms with Gasteiger partial charge in [-0.2, -0.15) is 65.9 Å². The molecule has 0 aromatic rings. The Morgan fingerprint density at radius 3 is 1.40 bits per heavy atom. The van der Waals surface area contributed by atoms with Gasteiger partial charge in [0, 0.05) is 6.08 Å². The Bertz CT molecular complexity index is 655. The molecule has 0 aliphatic carbocycles. The second-order valence-electron chi connectivity index (χ2n) is 5.29. The average Bonchev–Trinajstić information content (AvgIpc) is 2.60. The molecule has 1 unspecified atom stereocenters. The van der Waals surface area contributed by atoms with Crippen LogP contribution in [0.1, 0.15) is 0 Å². The van der Waals surface area contributed by atoms with Crippen molar-refractivity contribution < 1.29 is 79.8 Å². The summed E-state index contributed by atoms with van der Waals surface area (Å²) in [7, 11) is 0. The molecule has 0 N–H and O–H groups in total. The van der Waals surface area contributed by atoms with Gasteiger partial charge in [-0.05, 0) is 0 Å². The molecule has 1 atom stereocenters. The molecular formula is C12H6F16O2. The molecule has 0 fully saturated rings. The molecular weight excluding hydrogens is 480 g/mol. The highest BCUT2D eigenvalue weighted by Gasteiger charge is 2.93. The number of halogens is 16. The van der Waals surface area contributed by atoms with Crippen LogP contribution in [-0.4, -0.2) is 60.5 Å². The first-order chi connectivity index (χ1) is 12.9. The predicted molar refractivity (Wildman–Crippen MR) is 61.8 cm³/mol. The summed E-state index contributed by atoms with van der Waals surface area (Å²) in [5.74, 6) is -57.7. The molecule has 0 aromatic carbocycles. The predicted octanol–water partition coefficient (Wildman–Crippen LogP) is 5.43. The van der Waals surface area contributed by atoms with Crippen molar-refractivity contribution in [3.8, 4) is 0 Å². The van der Waals surface area contributed by atoms with Crippen molar-refractivity contribution in [1.82, 2.24) is 0 Å². The first-order valence-electron chi connectivity index (χ1n) is 6.61. The van der Waals surface area contributed by atoms with Crippen LogP contribution in [0.15, 0.2) is 12.7 Å². The highest BCUT2D eigenvalue weighted by atomic mass is 19.4. The molecule has 0 spiro atoms. The molecule has 0 bridgehead atoms. The standard InChI is InChI=1S/C12H6F16O2/c1-2-4(29)30-5(14)7(17,18)9(21,22)11(25,26)12(27,28)10(23,24)8(19,20)6(15,16)3-13/h2,5H,1,3H2. The summed E-state index contributed by atoms with van der Waals surface area (Å²) in [5, 5.41) is 0. The summed E-state index contributed by atoms with van der Waals surface area (Å²) in [6.07, 6.45) is -5.50. The minimum Gasteiger partial charge on any atom is -0.421 e. The van der Waals surface area contributed by atoms with Crippen LogP contribution in [0.5, 0.6) is 0 Å². The smallest absolute Gasteiger partial charge is 0.385 e. The van der Waals surface area contributed by atoms with E-state index >= 15 is 0 Å². The van der Waals surface area contributed by atoms with Crippen molar-refractivity contribution in [2.24, 2.45) is 0 Å². The lowest BCUT2D eigenvalue weighted by atomic mass is 9.89. The maximum Gasteiger partial charge on any atom is 0.385 e. The Labute approximate surface area is 154 Å². The minimum absolute atomic E-state index is 0.235. The van der Waals surface area contributed by atoms with Crippen LogP contribution in [0.2, 0.25) is 0 Å². The Morgan fingerprint density at radius 1 is 0.733 bits per heavy atom. The van der Waals surface area contributed by atoms with Gasteiger partial charge in [-0.3, -0.25) is 0 Å². The topological polar surface area (TPSA) is 26.3 Å². The van der Waals surface area contributed by atoms with Gasteiger partial charge < -0.3 is 4.74 Å². The van der Waals surface area contributed by atoms with Crippen LogP contribution < -0.4 is 0 Å². The fourth-order valence-electron chi connectivity index (χ4n) is 1.48. The summed E-state index contributed by atoms with van der Waals surface area (Å²) in [5.41, 5.74) is 0. The summed E-state index contributed by atoms with van der Waals surface area (Å²) < 4.78 is 211. The Morgan fingerprint density at radius 2 is 1.07 bits per heavy atom. The Hall–Kier alpha value is -1.91. The van der Waals surface area contributed by atoms with Gasteiger partial charge in [-0.1, -0.05) is 6.58 Å². The largest absolute Gasteiger partial charge is 0.421 e. The maximum atomic E-state index is 13.3. The number of ether oxygens (including phenoxy) is 1. The van der Waals surface area contributed by atoms with Gasteiger partial charge in [0.15, 0.2) is 6.67 Å². The van der Waals surface area contributed by atoms with Crippen LogP contribution in [0.4, 0.5) is 70.2 Å². The van der Waals surface area contributed by atoms with Crippen molar-refractivity contribution in [3.05, 3.63) is 12.7 Å². The van der Waals surface area contributed by atoms with Gasteiger partial charge in [0.25, 0.3) is 0 Å². The third kappa shape index (κ3) is 3.65. The number of hydrogen-bond acceptors (Lipinski definition) is 2. The number of rotatable bonds is 10. The number of alkyl halides is 16. The molecule has 30 heavy (non-hydrogen) atoms. The van der Waals surface area contributed by atoms with Crippen LogP contribution >= 0.6 is 0 Å². The van der Waals surface area contributed by atoms with E-state index in [2.05, 4.69) is 11.3 Å². The molecule has 0 amide bonds. The fourth-order valence-corrected chi connectivity index (χ4v) is 1.48. The van der Waals surface area contributed by atoms with Crippen molar-refractivity contribution in [2.75, 3.05) is 6.67 Å². The molecule has 178 valence electrons. The zero-order chi connectivity index (χ0) is 24.8. The number of carbonyl (C=O) groups is 1. The van der Waals surface area contributed by atoms with Gasteiger partial charge in [-0.25, -0.2) is 9.18 Å². The Balaban J connectivity index is 6.54. The van der Waals surface area contributed by atoms with E-state index in [1.165, 1.54) is 0 Å². The summed E-state index contributed by atoms with van der Waals surface area (Å²) in [6.45, 7) is -1.48. The second kappa shape index (κ2) is 7.65. The molecule has 2 nitrogen and oxygen atoms in total. The van der Waals surface area contributed by atoms with E-state index in [0.717, 1.165) is 0 Å². The van der Waals surface area contributed by atoms with E-state index in [1.807, 2.05) is 0 Å². The number of esters is 1. The SMILES string of the molecule is C=CC(=O)OC(F)C(F)(F)C(F)(F)C(F)(F)C(F)(F)C(F)(F)C(F)(F)C(F)(F)CF. The highest BCUT2D eigenvalue weighted by molar-refractivity contribution is 5.81. The molecule has 0 saturated carbocycles.